The molecule has 2 heterocycles. The van der Waals surface area contributed by atoms with Crippen molar-refractivity contribution in [1.82, 2.24) is 19.9 Å². The Morgan fingerprint density at radius 3 is 2.78 bits per heavy atom. The fourth-order valence-electron chi connectivity index (χ4n) is 1.72. The summed E-state index contributed by atoms with van der Waals surface area (Å²) < 4.78 is 13.4. The number of nitrogens with one attached hydrogen (secondary N) is 1. The maximum absolute atomic E-state index is 13.4. The monoisotopic (exact) mass is 244 g/mol. The quantitative estimate of drug-likeness (QED) is 0.560. The number of aromatic nitrogens is 4. The first kappa shape index (κ1) is 10.5. The van der Waals surface area contributed by atoms with Crippen molar-refractivity contribution in [3.05, 3.63) is 30.3 Å². The van der Waals surface area contributed by atoms with E-state index in [0.29, 0.717) is 22.6 Å². The lowest BCUT2D eigenvalue weighted by Crippen LogP contribution is -1.95. The molecule has 0 unspecified atom stereocenters. The molecule has 0 amide bonds. The van der Waals surface area contributed by atoms with Crippen molar-refractivity contribution in [2.75, 3.05) is 11.5 Å². The van der Waals surface area contributed by atoms with Gasteiger partial charge in [-0.15, -0.1) is 0 Å². The van der Waals surface area contributed by atoms with Crippen molar-refractivity contribution in [2.45, 2.75) is 0 Å². The molecule has 0 radical (unpaired) electrons. The lowest BCUT2D eigenvalue weighted by atomic mass is 10.1. The van der Waals surface area contributed by atoms with E-state index in [-0.39, 0.29) is 11.5 Å². The highest BCUT2D eigenvalue weighted by Crippen LogP contribution is 2.27. The number of nitrogens with two attached hydrogens (primary N) is 2. The standard InChI is InChI=1S/C11H9FN6/c12-6-3-1-2-5(7(6)13)10-17-8-9(14)15-4-16-11(8)18-10/h1-4H,13H2,(H3,14,15,16,17,18). The number of nitrogens with zero attached hydrogens (tertiary/aromatic N) is 3. The average molecular weight is 244 g/mol. The van der Waals surface area contributed by atoms with Gasteiger partial charge in [-0.3, -0.25) is 0 Å². The lowest BCUT2D eigenvalue weighted by Gasteiger charge is -2.02. The summed E-state index contributed by atoms with van der Waals surface area (Å²) in [4.78, 5) is 15.0. The molecule has 0 aliphatic heterocycles. The summed E-state index contributed by atoms with van der Waals surface area (Å²) in [5, 5.41) is 0. The molecule has 0 spiro atoms. The van der Waals surface area contributed by atoms with Crippen LogP contribution >= 0.6 is 0 Å². The number of para-hydroxylation sites is 1. The normalized spacial score (nSPS) is 10.9. The van der Waals surface area contributed by atoms with E-state index in [1.807, 2.05) is 0 Å². The van der Waals surface area contributed by atoms with Gasteiger partial charge in [0.05, 0.1) is 5.69 Å². The number of hydrogen-bond acceptors (Lipinski definition) is 5. The van der Waals surface area contributed by atoms with E-state index in [1.165, 1.54) is 12.4 Å². The number of fused-ring (bicyclic) bond motifs is 1. The van der Waals surface area contributed by atoms with Gasteiger partial charge >= 0.3 is 0 Å². The van der Waals surface area contributed by atoms with Gasteiger partial charge in [0, 0.05) is 5.56 Å². The van der Waals surface area contributed by atoms with E-state index in [1.54, 1.807) is 12.1 Å². The summed E-state index contributed by atoms with van der Waals surface area (Å²) >= 11 is 0. The minimum atomic E-state index is -0.494. The largest absolute Gasteiger partial charge is 0.396 e. The molecule has 90 valence electrons. The SMILES string of the molecule is Nc1c(F)cccc1-c1nc2ncnc(N)c2[nH]1. The van der Waals surface area contributed by atoms with Crippen molar-refractivity contribution in [3.63, 3.8) is 0 Å². The topological polar surface area (TPSA) is 106 Å². The van der Waals surface area contributed by atoms with Crippen molar-refractivity contribution >= 4 is 22.7 Å². The highest BCUT2D eigenvalue weighted by Gasteiger charge is 2.13. The van der Waals surface area contributed by atoms with E-state index >= 15 is 0 Å². The van der Waals surface area contributed by atoms with Crippen molar-refractivity contribution in [1.29, 1.82) is 0 Å². The van der Waals surface area contributed by atoms with E-state index in [4.69, 9.17) is 11.5 Å². The highest BCUT2D eigenvalue weighted by molar-refractivity contribution is 5.86. The number of anilines is 2. The third-order valence-corrected chi connectivity index (χ3v) is 2.63. The second-order valence-corrected chi connectivity index (χ2v) is 3.74. The maximum Gasteiger partial charge on any atom is 0.183 e. The van der Waals surface area contributed by atoms with Gasteiger partial charge in [-0.2, -0.15) is 0 Å². The zero-order chi connectivity index (χ0) is 12.7. The first-order valence-electron chi connectivity index (χ1n) is 5.17. The molecule has 1 aromatic carbocycles. The van der Waals surface area contributed by atoms with Crippen LogP contribution in [0.2, 0.25) is 0 Å². The number of hydrogen-bond donors (Lipinski definition) is 3. The molecular formula is C11H9FN6. The number of imidazole rings is 1. The van der Waals surface area contributed by atoms with Crippen LogP contribution in [0, 0.1) is 5.82 Å². The molecule has 7 heteroatoms. The second-order valence-electron chi connectivity index (χ2n) is 3.74. The molecule has 0 saturated heterocycles. The van der Waals surface area contributed by atoms with Gasteiger partial charge in [-0.25, -0.2) is 19.3 Å². The Kier molecular flexibility index (Phi) is 2.12. The summed E-state index contributed by atoms with van der Waals surface area (Å²) in [7, 11) is 0. The van der Waals surface area contributed by atoms with E-state index in [9.17, 15) is 4.39 Å². The number of nitrogen functional groups attached to an aromatic ring is 2. The Labute approximate surface area is 101 Å². The fraction of sp³-hybridized carbons (Fsp3) is 0. The predicted molar refractivity (Wildman–Crippen MR) is 65.9 cm³/mol. The van der Waals surface area contributed by atoms with Crippen LogP contribution in [0.1, 0.15) is 0 Å². The number of benzene rings is 1. The first-order chi connectivity index (χ1) is 8.66. The molecule has 0 aliphatic carbocycles. The third kappa shape index (κ3) is 1.45. The van der Waals surface area contributed by atoms with Crippen LogP contribution in [0.25, 0.3) is 22.6 Å². The number of halogens is 1. The Bertz CT molecular complexity index is 735. The summed E-state index contributed by atoms with van der Waals surface area (Å²) in [5.74, 6) is 0.204. The summed E-state index contributed by atoms with van der Waals surface area (Å²) in [6.45, 7) is 0. The minimum Gasteiger partial charge on any atom is -0.396 e. The van der Waals surface area contributed by atoms with Crippen LogP contribution in [0.5, 0.6) is 0 Å². The second kappa shape index (κ2) is 3.66. The number of rotatable bonds is 1. The fourth-order valence-corrected chi connectivity index (χ4v) is 1.72. The average Bonchev–Trinajstić information content (AvgIpc) is 2.78. The zero-order valence-corrected chi connectivity index (χ0v) is 9.18. The smallest absolute Gasteiger partial charge is 0.183 e. The van der Waals surface area contributed by atoms with E-state index in [0.717, 1.165) is 0 Å². The van der Waals surface area contributed by atoms with Crippen LogP contribution in [0.4, 0.5) is 15.9 Å². The molecular weight excluding hydrogens is 235 g/mol. The molecule has 3 aromatic rings. The van der Waals surface area contributed by atoms with Gasteiger partial charge in [-0.1, -0.05) is 6.07 Å². The molecule has 0 atom stereocenters. The highest BCUT2D eigenvalue weighted by atomic mass is 19.1. The summed E-state index contributed by atoms with van der Waals surface area (Å²) in [6.07, 6.45) is 1.32. The minimum absolute atomic E-state index is 0.0306. The molecule has 0 saturated carbocycles. The molecule has 0 aliphatic rings. The van der Waals surface area contributed by atoms with Crippen LogP contribution in [-0.2, 0) is 0 Å². The maximum atomic E-state index is 13.4. The van der Waals surface area contributed by atoms with Gasteiger partial charge in [0.25, 0.3) is 0 Å². The molecule has 5 N–H and O–H groups in total. The number of H-pyrrole nitrogens is 1. The van der Waals surface area contributed by atoms with Gasteiger partial charge in [0.1, 0.15) is 23.5 Å². The Hall–Kier alpha value is -2.70. The lowest BCUT2D eigenvalue weighted by molar-refractivity contribution is 0.633. The van der Waals surface area contributed by atoms with Gasteiger partial charge in [0.2, 0.25) is 0 Å². The van der Waals surface area contributed by atoms with E-state index < -0.39 is 5.82 Å². The Balaban J connectivity index is 2.26. The molecule has 2 aromatic heterocycles. The molecule has 18 heavy (non-hydrogen) atoms. The van der Waals surface area contributed by atoms with Crippen LogP contribution in [0.15, 0.2) is 24.5 Å². The summed E-state index contributed by atoms with van der Waals surface area (Å²) in [5.41, 5.74) is 12.8. The zero-order valence-electron chi connectivity index (χ0n) is 9.18. The molecule has 3 rings (SSSR count). The third-order valence-electron chi connectivity index (χ3n) is 2.63. The Morgan fingerprint density at radius 2 is 2.00 bits per heavy atom. The van der Waals surface area contributed by atoms with Crippen LogP contribution < -0.4 is 11.5 Å². The van der Waals surface area contributed by atoms with Crippen LogP contribution in [-0.4, -0.2) is 19.9 Å². The van der Waals surface area contributed by atoms with Crippen molar-refractivity contribution in [2.24, 2.45) is 0 Å². The summed E-state index contributed by atoms with van der Waals surface area (Å²) in [6, 6.07) is 4.51. The molecule has 0 fully saturated rings. The van der Waals surface area contributed by atoms with Crippen LogP contribution in [0.3, 0.4) is 0 Å². The van der Waals surface area contributed by atoms with E-state index in [2.05, 4.69) is 19.9 Å². The number of aromatic amines is 1. The Morgan fingerprint density at radius 1 is 1.17 bits per heavy atom. The molecule has 0 bridgehead atoms. The molecule has 6 nitrogen and oxygen atoms in total. The van der Waals surface area contributed by atoms with Crippen molar-refractivity contribution in [3.8, 4) is 11.4 Å². The van der Waals surface area contributed by atoms with Gasteiger partial charge < -0.3 is 16.5 Å². The first-order valence-corrected chi connectivity index (χ1v) is 5.17. The van der Waals surface area contributed by atoms with Crippen molar-refractivity contribution < 1.29 is 4.39 Å². The predicted octanol–water partition coefficient (Wildman–Crippen LogP) is 1.32. The van der Waals surface area contributed by atoms with Gasteiger partial charge in [-0.05, 0) is 12.1 Å². The van der Waals surface area contributed by atoms with Gasteiger partial charge in [0.15, 0.2) is 11.5 Å².